The van der Waals surface area contributed by atoms with Crippen LogP contribution < -0.4 is 9.44 Å². The summed E-state index contributed by atoms with van der Waals surface area (Å²) in [5.41, 5.74) is 0. The van der Waals surface area contributed by atoms with Gasteiger partial charge in [0.15, 0.2) is 0 Å². The van der Waals surface area contributed by atoms with Gasteiger partial charge in [0.2, 0.25) is 0 Å². The van der Waals surface area contributed by atoms with Gasteiger partial charge < -0.3 is 9.72 Å². The number of aromatic amines is 1. The van der Waals surface area contributed by atoms with Crippen LogP contribution in [0.5, 0.6) is 0 Å². The van der Waals surface area contributed by atoms with E-state index in [-0.39, 0.29) is 6.54 Å². The molecule has 8 heteroatoms. The molecule has 0 aliphatic carbocycles. The predicted octanol–water partition coefficient (Wildman–Crippen LogP) is -0.459. The van der Waals surface area contributed by atoms with Gasteiger partial charge in [0, 0.05) is 26.0 Å². The molecular weight excluding hydrogens is 232 g/mol. The molecule has 1 heterocycles. The smallest absolute Gasteiger partial charge is 0.277 e. The Morgan fingerprint density at radius 1 is 1.62 bits per heavy atom. The Morgan fingerprint density at radius 2 is 2.38 bits per heavy atom. The van der Waals surface area contributed by atoms with Crippen molar-refractivity contribution in [3.05, 3.63) is 18.2 Å². The van der Waals surface area contributed by atoms with Gasteiger partial charge in [-0.2, -0.15) is 17.9 Å². The van der Waals surface area contributed by atoms with Crippen LogP contribution in [-0.2, 0) is 14.9 Å². The molecule has 0 aromatic carbocycles. The molecule has 7 nitrogen and oxygen atoms in total. The normalized spacial score (nSPS) is 13.9. The van der Waals surface area contributed by atoms with E-state index < -0.39 is 16.3 Å². The van der Waals surface area contributed by atoms with Crippen LogP contribution in [0.15, 0.2) is 12.4 Å². The predicted molar refractivity (Wildman–Crippen MR) is 58.9 cm³/mol. The van der Waals surface area contributed by atoms with E-state index in [1.54, 1.807) is 19.3 Å². The second kappa shape index (κ2) is 5.94. The Morgan fingerprint density at radius 3 is 2.94 bits per heavy atom. The lowest BCUT2D eigenvalue weighted by atomic mass is 10.3. The molecule has 1 unspecified atom stereocenters. The Balaban J connectivity index is 2.46. The Hall–Kier alpha value is -0.960. The minimum Gasteiger partial charge on any atom is -0.383 e. The molecule has 0 amide bonds. The molecule has 92 valence electrons. The Bertz CT molecular complexity index is 389. The number of ether oxygens (including phenoxy) is 1. The van der Waals surface area contributed by atoms with Crippen molar-refractivity contribution in [3.8, 4) is 0 Å². The molecule has 0 radical (unpaired) electrons. The number of rotatable bonds is 7. The molecule has 16 heavy (non-hydrogen) atoms. The van der Waals surface area contributed by atoms with Crippen LogP contribution in [-0.4, -0.2) is 38.6 Å². The molecule has 0 spiro atoms. The van der Waals surface area contributed by atoms with Crippen LogP contribution in [0, 0.1) is 0 Å². The van der Waals surface area contributed by atoms with E-state index in [4.69, 9.17) is 4.74 Å². The first kappa shape index (κ1) is 13.1. The summed E-state index contributed by atoms with van der Waals surface area (Å²) in [5, 5.41) is 0. The number of aromatic nitrogens is 2. The topological polar surface area (TPSA) is 96.1 Å². The molecule has 0 saturated carbocycles. The molecule has 1 aromatic rings. The van der Waals surface area contributed by atoms with E-state index in [9.17, 15) is 8.42 Å². The van der Waals surface area contributed by atoms with Gasteiger partial charge in [-0.15, -0.1) is 0 Å². The largest absolute Gasteiger partial charge is 0.383 e. The van der Waals surface area contributed by atoms with Gasteiger partial charge >= 0.3 is 0 Å². The summed E-state index contributed by atoms with van der Waals surface area (Å²) in [6, 6.07) is -0.407. The SMILES string of the molecule is COCCNS(=O)(=O)NC(C)c1ncc[nH]1. The van der Waals surface area contributed by atoms with E-state index in [0.717, 1.165) is 0 Å². The molecule has 1 rings (SSSR count). The summed E-state index contributed by atoms with van der Waals surface area (Å²) in [6.45, 7) is 2.27. The van der Waals surface area contributed by atoms with Gasteiger partial charge in [-0.3, -0.25) is 0 Å². The van der Waals surface area contributed by atoms with Crippen molar-refractivity contribution in [2.45, 2.75) is 13.0 Å². The van der Waals surface area contributed by atoms with Crippen LogP contribution in [0.1, 0.15) is 18.8 Å². The number of hydrogen-bond donors (Lipinski definition) is 3. The molecule has 0 aliphatic rings. The average molecular weight is 248 g/mol. The zero-order valence-electron chi connectivity index (χ0n) is 9.23. The van der Waals surface area contributed by atoms with Crippen molar-refractivity contribution in [3.63, 3.8) is 0 Å². The monoisotopic (exact) mass is 248 g/mol. The van der Waals surface area contributed by atoms with Crippen molar-refractivity contribution in [1.29, 1.82) is 0 Å². The maximum absolute atomic E-state index is 11.5. The summed E-state index contributed by atoms with van der Waals surface area (Å²) in [4.78, 5) is 6.80. The fourth-order valence-electron chi connectivity index (χ4n) is 1.12. The average Bonchev–Trinajstić information content (AvgIpc) is 2.69. The van der Waals surface area contributed by atoms with E-state index in [1.165, 1.54) is 7.11 Å². The van der Waals surface area contributed by atoms with Gasteiger partial charge in [-0.1, -0.05) is 0 Å². The second-order valence-electron chi connectivity index (χ2n) is 3.20. The van der Waals surface area contributed by atoms with Crippen LogP contribution in [0.3, 0.4) is 0 Å². The van der Waals surface area contributed by atoms with E-state index in [1.807, 2.05) is 0 Å². The number of imidazole rings is 1. The fraction of sp³-hybridized carbons (Fsp3) is 0.625. The standard InChI is InChI=1S/C8H16N4O3S/c1-7(8-9-3-4-10-8)12-16(13,14)11-5-6-15-2/h3-4,7,11-12H,5-6H2,1-2H3,(H,9,10). The molecule has 0 fully saturated rings. The van der Waals surface area contributed by atoms with Crippen LogP contribution in [0.2, 0.25) is 0 Å². The maximum Gasteiger partial charge on any atom is 0.277 e. The third-order valence-corrected chi connectivity index (χ3v) is 3.11. The highest BCUT2D eigenvalue weighted by Gasteiger charge is 2.16. The van der Waals surface area contributed by atoms with Gasteiger partial charge in [0.05, 0.1) is 12.6 Å². The van der Waals surface area contributed by atoms with Crippen molar-refractivity contribution < 1.29 is 13.2 Å². The van der Waals surface area contributed by atoms with Gasteiger partial charge in [0.25, 0.3) is 10.2 Å². The lowest BCUT2D eigenvalue weighted by Crippen LogP contribution is -2.39. The summed E-state index contributed by atoms with van der Waals surface area (Å²) in [5.74, 6) is 0.567. The first-order valence-corrected chi connectivity index (χ1v) is 6.28. The first-order chi connectivity index (χ1) is 7.55. The molecular formula is C8H16N4O3S. The number of methoxy groups -OCH3 is 1. The molecule has 0 bridgehead atoms. The van der Waals surface area contributed by atoms with Crippen LogP contribution >= 0.6 is 0 Å². The lowest BCUT2D eigenvalue weighted by Gasteiger charge is -2.12. The highest BCUT2D eigenvalue weighted by Crippen LogP contribution is 2.05. The summed E-state index contributed by atoms with van der Waals surface area (Å²) >= 11 is 0. The molecule has 0 saturated heterocycles. The third kappa shape index (κ3) is 4.27. The number of nitrogens with one attached hydrogen (secondary N) is 3. The molecule has 1 aromatic heterocycles. The third-order valence-electron chi connectivity index (χ3n) is 1.86. The maximum atomic E-state index is 11.5. The lowest BCUT2D eigenvalue weighted by molar-refractivity contribution is 0.204. The molecule has 1 atom stereocenters. The van der Waals surface area contributed by atoms with Crippen molar-refractivity contribution in [2.24, 2.45) is 0 Å². The highest BCUT2D eigenvalue weighted by atomic mass is 32.2. The second-order valence-corrected chi connectivity index (χ2v) is 4.74. The van der Waals surface area contributed by atoms with Gasteiger partial charge in [-0.25, -0.2) is 4.98 Å². The van der Waals surface area contributed by atoms with Crippen molar-refractivity contribution >= 4 is 10.2 Å². The van der Waals surface area contributed by atoms with E-state index in [2.05, 4.69) is 19.4 Å². The number of H-pyrrole nitrogens is 1. The highest BCUT2D eigenvalue weighted by molar-refractivity contribution is 7.87. The summed E-state index contributed by atoms with van der Waals surface area (Å²) in [7, 11) is -2.01. The first-order valence-electron chi connectivity index (χ1n) is 4.80. The van der Waals surface area contributed by atoms with Gasteiger partial charge in [0.1, 0.15) is 5.82 Å². The molecule has 3 N–H and O–H groups in total. The van der Waals surface area contributed by atoms with Crippen molar-refractivity contribution in [2.75, 3.05) is 20.3 Å². The summed E-state index contributed by atoms with van der Waals surface area (Å²) in [6.07, 6.45) is 3.21. The zero-order valence-corrected chi connectivity index (χ0v) is 10.0. The van der Waals surface area contributed by atoms with E-state index >= 15 is 0 Å². The zero-order chi connectivity index (χ0) is 12.0. The minimum atomic E-state index is -3.52. The Labute approximate surface area is 94.8 Å². The number of hydrogen-bond acceptors (Lipinski definition) is 4. The number of nitrogens with zero attached hydrogens (tertiary/aromatic N) is 1. The minimum absolute atomic E-state index is 0.233. The van der Waals surface area contributed by atoms with Crippen LogP contribution in [0.25, 0.3) is 0 Å². The van der Waals surface area contributed by atoms with Crippen LogP contribution in [0.4, 0.5) is 0 Å². The fourth-order valence-corrected chi connectivity index (χ4v) is 2.14. The van der Waals surface area contributed by atoms with E-state index in [0.29, 0.717) is 12.4 Å². The quantitative estimate of drug-likeness (QED) is 0.569. The van der Waals surface area contributed by atoms with Gasteiger partial charge in [-0.05, 0) is 6.92 Å². The van der Waals surface area contributed by atoms with Crippen molar-refractivity contribution in [1.82, 2.24) is 19.4 Å². The summed E-state index contributed by atoms with van der Waals surface area (Å²) < 4.78 is 32.5. The Kier molecular flexibility index (Phi) is 4.87. The molecule has 0 aliphatic heterocycles.